The number of sulfonamides is 1. The van der Waals surface area contributed by atoms with Gasteiger partial charge < -0.3 is 10.2 Å². The van der Waals surface area contributed by atoms with E-state index in [-0.39, 0.29) is 35.2 Å². The molecule has 2 fully saturated rings. The zero-order valence-electron chi connectivity index (χ0n) is 20.0. The maximum Gasteiger partial charge on any atom is 0.243 e. The number of piperidine rings is 1. The van der Waals surface area contributed by atoms with Gasteiger partial charge in [-0.1, -0.05) is 31.5 Å². The van der Waals surface area contributed by atoms with Crippen molar-refractivity contribution < 1.29 is 18.0 Å². The van der Waals surface area contributed by atoms with Crippen LogP contribution in [0.3, 0.4) is 0 Å². The lowest BCUT2D eigenvalue weighted by Gasteiger charge is -2.37. The Morgan fingerprint density at radius 2 is 1.68 bits per heavy atom. The Balaban J connectivity index is 1.44. The van der Waals surface area contributed by atoms with Crippen LogP contribution < -0.4 is 10.2 Å². The molecule has 2 aromatic carbocycles. The van der Waals surface area contributed by atoms with Crippen LogP contribution >= 0.6 is 0 Å². The van der Waals surface area contributed by atoms with Gasteiger partial charge in [0, 0.05) is 36.4 Å². The van der Waals surface area contributed by atoms with E-state index in [1.54, 1.807) is 33.5 Å². The van der Waals surface area contributed by atoms with Crippen molar-refractivity contribution in [3.63, 3.8) is 0 Å². The number of amides is 2. The zero-order valence-corrected chi connectivity index (χ0v) is 20.8. The monoisotopic (exact) mass is 483 g/mol. The van der Waals surface area contributed by atoms with Gasteiger partial charge in [0.1, 0.15) is 0 Å². The number of nitrogens with zero attached hydrogens (tertiary/aromatic N) is 2. The highest BCUT2D eigenvalue weighted by Gasteiger charge is 2.37. The quantitative estimate of drug-likeness (QED) is 0.667. The molecule has 182 valence electrons. The summed E-state index contributed by atoms with van der Waals surface area (Å²) in [5.74, 6) is -0.762. The average Bonchev–Trinajstić information content (AvgIpc) is 3.20. The molecule has 0 aliphatic carbocycles. The van der Waals surface area contributed by atoms with Gasteiger partial charge in [-0.15, -0.1) is 0 Å². The molecule has 2 aromatic rings. The maximum atomic E-state index is 13.2. The molecule has 7 nitrogen and oxygen atoms in total. The van der Waals surface area contributed by atoms with Gasteiger partial charge >= 0.3 is 0 Å². The van der Waals surface area contributed by atoms with E-state index in [1.165, 1.54) is 0 Å². The van der Waals surface area contributed by atoms with Crippen LogP contribution in [0.4, 0.5) is 11.4 Å². The molecule has 2 heterocycles. The van der Waals surface area contributed by atoms with Crippen LogP contribution in [0, 0.1) is 5.92 Å². The molecule has 8 heteroatoms. The molecule has 1 N–H and O–H groups in total. The van der Waals surface area contributed by atoms with E-state index in [0.29, 0.717) is 12.2 Å². The molecule has 2 amide bonds. The molecular formula is C26H33N3O4S. The van der Waals surface area contributed by atoms with Crippen molar-refractivity contribution >= 4 is 33.2 Å². The topological polar surface area (TPSA) is 86.8 Å². The third-order valence-electron chi connectivity index (χ3n) is 6.97. The van der Waals surface area contributed by atoms with E-state index in [0.717, 1.165) is 36.9 Å². The van der Waals surface area contributed by atoms with Crippen LogP contribution in [0.15, 0.2) is 53.4 Å². The Bertz CT molecular complexity index is 1150. The second-order valence-electron chi connectivity index (χ2n) is 9.37. The number of carbonyl (C=O) groups is 2. The van der Waals surface area contributed by atoms with Gasteiger partial charge in [-0.05, 0) is 69.0 Å². The minimum absolute atomic E-state index is 0.0335. The number of para-hydroxylation sites is 1. The summed E-state index contributed by atoms with van der Waals surface area (Å²) in [5.41, 5.74) is 2.45. The predicted octanol–water partition coefficient (Wildman–Crippen LogP) is 4.19. The first kappa shape index (κ1) is 24.4. The summed E-state index contributed by atoms with van der Waals surface area (Å²) in [5, 5.41) is 2.85. The zero-order chi connectivity index (χ0) is 24.5. The number of nitrogens with one attached hydrogen (secondary N) is 1. The molecule has 2 saturated heterocycles. The van der Waals surface area contributed by atoms with Crippen LogP contribution in [-0.4, -0.2) is 43.2 Å². The lowest BCUT2D eigenvalue weighted by molar-refractivity contribution is -0.122. The fourth-order valence-electron chi connectivity index (χ4n) is 5.14. The second kappa shape index (κ2) is 9.88. The van der Waals surface area contributed by atoms with Crippen molar-refractivity contribution in [2.75, 3.05) is 16.8 Å². The van der Waals surface area contributed by atoms with Crippen molar-refractivity contribution in [3.8, 4) is 0 Å². The first-order valence-corrected chi connectivity index (χ1v) is 13.5. The molecule has 4 rings (SSSR count). The first-order chi connectivity index (χ1) is 16.2. The number of rotatable bonds is 6. The lowest BCUT2D eigenvalue weighted by Crippen LogP contribution is -2.47. The Morgan fingerprint density at radius 1 is 1.03 bits per heavy atom. The van der Waals surface area contributed by atoms with E-state index < -0.39 is 15.9 Å². The Kier molecular flexibility index (Phi) is 7.09. The normalized spacial score (nSPS) is 23.8. The third-order valence-corrected chi connectivity index (χ3v) is 9.11. The molecule has 2 aliphatic rings. The van der Waals surface area contributed by atoms with Crippen LogP contribution in [0.1, 0.15) is 52.0 Å². The highest BCUT2D eigenvalue weighted by atomic mass is 32.2. The lowest BCUT2D eigenvalue weighted by atomic mass is 10.0. The summed E-state index contributed by atoms with van der Waals surface area (Å²) < 4.78 is 28.0. The van der Waals surface area contributed by atoms with Crippen LogP contribution in [-0.2, 0) is 26.0 Å². The Labute approximate surface area is 202 Å². The average molecular weight is 484 g/mol. The van der Waals surface area contributed by atoms with E-state index in [1.807, 2.05) is 45.0 Å². The number of hydrogen-bond acceptors (Lipinski definition) is 4. The Morgan fingerprint density at radius 3 is 2.32 bits per heavy atom. The number of aryl methyl sites for hydroxylation is 1. The Hall–Kier alpha value is -2.71. The molecular weight excluding hydrogens is 450 g/mol. The molecule has 0 radical (unpaired) electrons. The maximum absolute atomic E-state index is 13.2. The molecule has 0 saturated carbocycles. The minimum Gasteiger partial charge on any atom is -0.326 e. The van der Waals surface area contributed by atoms with Crippen molar-refractivity contribution in [3.05, 3.63) is 54.1 Å². The van der Waals surface area contributed by atoms with Crippen LogP contribution in [0.25, 0.3) is 0 Å². The van der Waals surface area contributed by atoms with E-state index in [4.69, 9.17) is 0 Å². The van der Waals surface area contributed by atoms with Gasteiger partial charge in [-0.3, -0.25) is 9.59 Å². The van der Waals surface area contributed by atoms with Gasteiger partial charge in [-0.25, -0.2) is 8.42 Å². The fraction of sp³-hybridized carbons (Fsp3) is 0.462. The van der Waals surface area contributed by atoms with Crippen molar-refractivity contribution in [1.29, 1.82) is 0 Å². The number of anilines is 2. The summed E-state index contributed by atoms with van der Waals surface area (Å²) >= 11 is 0. The highest BCUT2D eigenvalue weighted by Crippen LogP contribution is 2.31. The number of benzene rings is 2. The van der Waals surface area contributed by atoms with E-state index in [9.17, 15) is 18.0 Å². The standard InChI is InChI=1S/C26H33N3O4S/c1-4-20-10-5-6-11-24(20)28-17-21(16-25(28)30)26(31)27-22-12-14-23(15-13-22)34(32,33)29-18(2)8-7-9-19(29)3/h5-6,10-15,18-19,21H,4,7-9,16-17H2,1-3H3,(H,27,31)/t18-,19-,21-/m0/s1. The number of carbonyl (C=O) groups excluding carboxylic acids is 2. The smallest absolute Gasteiger partial charge is 0.243 e. The van der Waals surface area contributed by atoms with Gasteiger partial charge in [0.25, 0.3) is 0 Å². The highest BCUT2D eigenvalue weighted by molar-refractivity contribution is 7.89. The molecule has 3 atom stereocenters. The predicted molar refractivity (Wildman–Crippen MR) is 133 cm³/mol. The van der Waals surface area contributed by atoms with Crippen LogP contribution in [0.5, 0.6) is 0 Å². The van der Waals surface area contributed by atoms with Gasteiger partial charge in [-0.2, -0.15) is 4.31 Å². The van der Waals surface area contributed by atoms with Gasteiger partial charge in [0.05, 0.1) is 10.8 Å². The summed E-state index contributed by atoms with van der Waals surface area (Å²) in [6.45, 7) is 6.28. The number of hydrogen-bond donors (Lipinski definition) is 1. The van der Waals surface area contributed by atoms with Crippen LogP contribution in [0.2, 0.25) is 0 Å². The largest absolute Gasteiger partial charge is 0.326 e. The fourth-order valence-corrected chi connectivity index (χ4v) is 7.02. The molecule has 2 aliphatic heterocycles. The first-order valence-electron chi connectivity index (χ1n) is 12.0. The summed E-state index contributed by atoms with van der Waals surface area (Å²) in [4.78, 5) is 27.5. The molecule has 0 aromatic heterocycles. The minimum atomic E-state index is -3.60. The summed E-state index contributed by atoms with van der Waals surface area (Å²) in [6, 6.07) is 14.0. The van der Waals surface area contributed by atoms with Crippen molar-refractivity contribution in [2.24, 2.45) is 5.92 Å². The van der Waals surface area contributed by atoms with E-state index in [2.05, 4.69) is 5.32 Å². The van der Waals surface area contributed by atoms with Crippen molar-refractivity contribution in [2.45, 2.75) is 69.9 Å². The summed E-state index contributed by atoms with van der Waals surface area (Å²) in [7, 11) is -3.60. The second-order valence-corrected chi connectivity index (χ2v) is 11.2. The molecule has 0 bridgehead atoms. The van der Waals surface area contributed by atoms with E-state index >= 15 is 0 Å². The molecule has 0 unspecified atom stereocenters. The SMILES string of the molecule is CCc1ccccc1N1C[C@@H](C(=O)Nc2ccc(S(=O)(=O)N3[C@@H](C)CCC[C@@H]3C)cc2)CC1=O. The molecule has 34 heavy (non-hydrogen) atoms. The molecule has 0 spiro atoms. The summed E-state index contributed by atoms with van der Waals surface area (Å²) in [6.07, 6.45) is 3.71. The van der Waals surface area contributed by atoms with Gasteiger partial charge in [0.15, 0.2) is 0 Å². The third kappa shape index (κ3) is 4.74. The van der Waals surface area contributed by atoms with Crippen molar-refractivity contribution in [1.82, 2.24) is 4.31 Å². The van der Waals surface area contributed by atoms with Gasteiger partial charge in [0.2, 0.25) is 21.8 Å².